The predicted octanol–water partition coefficient (Wildman–Crippen LogP) is 3.23. The molecule has 0 radical (unpaired) electrons. The summed E-state index contributed by atoms with van der Waals surface area (Å²) in [7, 11) is 1.35. The molecule has 3 rings (SSSR count). The summed E-state index contributed by atoms with van der Waals surface area (Å²) in [5, 5.41) is 0.989. The molecule has 23 heavy (non-hydrogen) atoms. The van der Waals surface area contributed by atoms with Gasteiger partial charge in [-0.2, -0.15) is 0 Å². The molecular formula is C19H17NO3. The summed E-state index contributed by atoms with van der Waals surface area (Å²) in [4.78, 5) is 23.6. The van der Waals surface area contributed by atoms with Gasteiger partial charge < -0.3 is 9.30 Å². The van der Waals surface area contributed by atoms with E-state index < -0.39 is 0 Å². The first-order valence-electron chi connectivity index (χ1n) is 7.45. The molecule has 0 aliphatic rings. The van der Waals surface area contributed by atoms with Gasteiger partial charge in [-0.3, -0.25) is 9.59 Å². The first kappa shape index (κ1) is 15.0. The lowest BCUT2D eigenvalue weighted by Gasteiger charge is -2.12. The zero-order valence-electron chi connectivity index (χ0n) is 12.9. The first-order valence-corrected chi connectivity index (χ1v) is 7.45. The number of carbonyl (C=O) groups excluding carboxylic acids is 1. The van der Waals surface area contributed by atoms with Crippen LogP contribution in [-0.2, 0) is 16.1 Å². The van der Waals surface area contributed by atoms with Crippen molar-refractivity contribution in [2.45, 2.75) is 13.0 Å². The Hall–Kier alpha value is -2.88. The summed E-state index contributed by atoms with van der Waals surface area (Å²) in [6.07, 6.45) is 0.172. The van der Waals surface area contributed by atoms with Crippen molar-refractivity contribution in [3.05, 3.63) is 71.0 Å². The zero-order valence-corrected chi connectivity index (χ0v) is 12.9. The summed E-state index contributed by atoms with van der Waals surface area (Å²) < 4.78 is 6.29. The summed E-state index contributed by atoms with van der Waals surface area (Å²) >= 11 is 0. The number of aryl methyl sites for hydroxylation is 1. The van der Waals surface area contributed by atoms with Crippen molar-refractivity contribution in [2.75, 3.05) is 7.11 Å². The number of pyridine rings is 1. The molecule has 1 aromatic heterocycles. The molecule has 4 heteroatoms. The third kappa shape index (κ3) is 3.01. The Morgan fingerprint density at radius 2 is 1.78 bits per heavy atom. The molecule has 2 aromatic carbocycles. The van der Waals surface area contributed by atoms with Crippen LogP contribution in [0.15, 0.2) is 65.5 Å². The minimum atomic E-state index is -0.326. The van der Waals surface area contributed by atoms with Crippen LogP contribution in [0.25, 0.3) is 22.0 Å². The van der Waals surface area contributed by atoms with Crippen molar-refractivity contribution in [1.29, 1.82) is 0 Å². The second-order valence-corrected chi connectivity index (χ2v) is 5.25. The molecule has 1 heterocycles. The second kappa shape index (κ2) is 6.48. The van der Waals surface area contributed by atoms with Crippen molar-refractivity contribution in [3.63, 3.8) is 0 Å². The highest BCUT2D eigenvalue weighted by Gasteiger charge is 2.09. The van der Waals surface area contributed by atoms with E-state index in [2.05, 4.69) is 4.74 Å². The maximum absolute atomic E-state index is 12.2. The Bertz CT molecular complexity index is 897. The van der Waals surface area contributed by atoms with Gasteiger partial charge in [0, 0.05) is 18.0 Å². The molecule has 0 unspecified atom stereocenters. The highest BCUT2D eigenvalue weighted by Crippen LogP contribution is 2.27. The van der Waals surface area contributed by atoms with E-state index in [1.165, 1.54) is 7.11 Å². The summed E-state index contributed by atoms with van der Waals surface area (Å²) in [5.41, 5.74) is 2.86. The van der Waals surface area contributed by atoms with Gasteiger partial charge in [-0.1, -0.05) is 42.5 Å². The second-order valence-electron chi connectivity index (χ2n) is 5.25. The molecule has 116 valence electrons. The van der Waals surface area contributed by atoms with Crippen LogP contribution in [0.3, 0.4) is 0 Å². The van der Waals surface area contributed by atoms with Gasteiger partial charge in [0.2, 0.25) is 0 Å². The molecule has 0 N–H and O–H groups in total. The van der Waals surface area contributed by atoms with Crippen molar-refractivity contribution in [2.24, 2.45) is 0 Å². The number of rotatable bonds is 4. The smallest absolute Gasteiger partial charge is 0.307 e. The molecule has 0 atom stereocenters. The van der Waals surface area contributed by atoms with Crippen LogP contribution in [0.5, 0.6) is 0 Å². The lowest BCUT2D eigenvalue weighted by Crippen LogP contribution is -2.21. The van der Waals surface area contributed by atoms with Gasteiger partial charge >= 0.3 is 5.97 Å². The Balaban J connectivity index is 2.13. The van der Waals surface area contributed by atoms with Crippen LogP contribution in [0.4, 0.5) is 0 Å². The van der Waals surface area contributed by atoms with Crippen LogP contribution in [0.1, 0.15) is 6.42 Å². The van der Waals surface area contributed by atoms with E-state index in [1.807, 2.05) is 54.6 Å². The van der Waals surface area contributed by atoms with E-state index in [-0.39, 0.29) is 17.9 Å². The fourth-order valence-corrected chi connectivity index (χ4v) is 2.73. The molecular weight excluding hydrogens is 290 g/mol. The van der Waals surface area contributed by atoms with Crippen LogP contribution >= 0.6 is 0 Å². The Morgan fingerprint density at radius 3 is 2.52 bits per heavy atom. The minimum Gasteiger partial charge on any atom is -0.469 e. The summed E-state index contributed by atoms with van der Waals surface area (Å²) in [6, 6.07) is 19.3. The number of hydrogen-bond donors (Lipinski definition) is 0. The van der Waals surface area contributed by atoms with Crippen molar-refractivity contribution in [1.82, 2.24) is 4.57 Å². The number of benzene rings is 2. The lowest BCUT2D eigenvalue weighted by molar-refractivity contribution is -0.140. The van der Waals surface area contributed by atoms with Gasteiger partial charge in [0.05, 0.1) is 19.0 Å². The minimum absolute atomic E-state index is 0.119. The highest BCUT2D eigenvalue weighted by molar-refractivity contribution is 5.94. The maximum Gasteiger partial charge on any atom is 0.307 e. The van der Waals surface area contributed by atoms with Gasteiger partial charge in [-0.25, -0.2) is 0 Å². The van der Waals surface area contributed by atoms with Crippen LogP contribution in [0.2, 0.25) is 0 Å². The normalized spacial score (nSPS) is 10.7. The van der Waals surface area contributed by atoms with E-state index in [0.717, 1.165) is 22.0 Å². The van der Waals surface area contributed by atoms with Crippen LogP contribution in [0, 0.1) is 0 Å². The number of nitrogens with zero attached hydrogens (tertiary/aromatic N) is 1. The average Bonchev–Trinajstić information content (AvgIpc) is 2.60. The molecule has 0 saturated heterocycles. The number of fused-ring (bicyclic) bond motifs is 1. The zero-order chi connectivity index (χ0) is 16.2. The molecule has 0 spiro atoms. The van der Waals surface area contributed by atoms with E-state index in [1.54, 1.807) is 10.6 Å². The molecule has 0 aliphatic carbocycles. The monoisotopic (exact) mass is 307 g/mol. The molecule has 0 aliphatic heterocycles. The van der Waals surface area contributed by atoms with Gasteiger partial charge in [-0.05, 0) is 23.3 Å². The van der Waals surface area contributed by atoms with Gasteiger partial charge in [0.15, 0.2) is 0 Å². The summed E-state index contributed by atoms with van der Waals surface area (Å²) in [6.45, 7) is 0.307. The predicted molar refractivity (Wildman–Crippen MR) is 90.3 cm³/mol. The highest BCUT2D eigenvalue weighted by atomic mass is 16.5. The third-order valence-electron chi connectivity index (χ3n) is 3.88. The largest absolute Gasteiger partial charge is 0.469 e. The van der Waals surface area contributed by atoms with Gasteiger partial charge in [-0.15, -0.1) is 0 Å². The standard InChI is InChI=1S/C19H17NO3/c1-23-19(22)12-13-20-17-9-5-8-15(14-6-3-2-4-7-14)16(17)10-11-18(20)21/h2-11H,12-13H2,1H3. The first-order chi connectivity index (χ1) is 11.2. The average molecular weight is 307 g/mol. The SMILES string of the molecule is COC(=O)CCn1c(=O)ccc2c(-c3ccccc3)cccc21. The lowest BCUT2D eigenvalue weighted by atomic mass is 10.0. The van der Waals surface area contributed by atoms with Crippen molar-refractivity contribution >= 4 is 16.9 Å². The quantitative estimate of drug-likeness (QED) is 0.695. The maximum atomic E-state index is 12.2. The number of hydrogen-bond acceptors (Lipinski definition) is 3. The van der Waals surface area contributed by atoms with Gasteiger partial charge in [0.1, 0.15) is 0 Å². The van der Waals surface area contributed by atoms with E-state index in [9.17, 15) is 9.59 Å². The van der Waals surface area contributed by atoms with Crippen LogP contribution in [-0.4, -0.2) is 17.6 Å². The fourth-order valence-electron chi connectivity index (χ4n) is 2.73. The molecule has 0 fully saturated rings. The fraction of sp³-hybridized carbons (Fsp3) is 0.158. The molecule has 0 amide bonds. The van der Waals surface area contributed by atoms with E-state index in [0.29, 0.717) is 6.54 Å². The molecule has 4 nitrogen and oxygen atoms in total. The number of methoxy groups -OCH3 is 1. The van der Waals surface area contributed by atoms with E-state index in [4.69, 9.17) is 0 Å². The Morgan fingerprint density at radius 1 is 1.00 bits per heavy atom. The molecule has 3 aromatic rings. The van der Waals surface area contributed by atoms with Gasteiger partial charge in [0.25, 0.3) is 5.56 Å². The summed E-state index contributed by atoms with van der Waals surface area (Å²) in [5.74, 6) is -0.326. The Kier molecular flexibility index (Phi) is 4.24. The third-order valence-corrected chi connectivity index (χ3v) is 3.88. The Labute approximate surface area is 133 Å². The number of carbonyl (C=O) groups is 1. The molecule has 0 saturated carbocycles. The number of ether oxygens (including phenoxy) is 1. The van der Waals surface area contributed by atoms with Crippen molar-refractivity contribution < 1.29 is 9.53 Å². The molecule has 0 bridgehead atoms. The topological polar surface area (TPSA) is 48.3 Å². The van der Waals surface area contributed by atoms with E-state index >= 15 is 0 Å². The van der Waals surface area contributed by atoms with Crippen molar-refractivity contribution in [3.8, 4) is 11.1 Å². The number of aromatic nitrogens is 1. The number of esters is 1. The van der Waals surface area contributed by atoms with Crippen LogP contribution < -0.4 is 5.56 Å².